The molecule has 1 saturated carbocycles. The minimum atomic E-state index is -0.198. The van der Waals surface area contributed by atoms with Crippen LogP contribution in [-0.2, 0) is 6.54 Å². The van der Waals surface area contributed by atoms with Gasteiger partial charge in [-0.1, -0.05) is 37.1 Å². The second-order valence-corrected chi connectivity index (χ2v) is 5.33. The normalized spacial score (nSPS) is 23.6. The monoisotopic (exact) mass is 256 g/mol. The van der Waals surface area contributed by atoms with Crippen LogP contribution in [0, 0.1) is 0 Å². The molecule has 100 valence electrons. The first-order valence-electron chi connectivity index (χ1n) is 7.08. The number of aliphatic hydroxyl groups is 1. The third-order valence-electron chi connectivity index (χ3n) is 4.00. The van der Waals surface area contributed by atoms with E-state index in [1.54, 1.807) is 0 Å². The molecule has 3 heteroatoms. The van der Waals surface area contributed by atoms with E-state index in [4.69, 9.17) is 0 Å². The maximum Gasteiger partial charge on any atom is 0.0746 e. The van der Waals surface area contributed by atoms with Gasteiger partial charge >= 0.3 is 0 Å². The SMILES string of the molecule is O[C@@H]1CCCC[C@H]1NCc1cccc2cccnc12. The average Bonchev–Trinajstić information content (AvgIpc) is 2.46. The van der Waals surface area contributed by atoms with Crippen LogP contribution in [0.5, 0.6) is 0 Å². The summed E-state index contributed by atoms with van der Waals surface area (Å²) in [6.07, 6.45) is 5.99. The lowest BCUT2D eigenvalue weighted by atomic mass is 9.92. The molecule has 1 aliphatic carbocycles. The second-order valence-electron chi connectivity index (χ2n) is 5.33. The van der Waals surface area contributed by atoms with Gasteiger partial charge in [-0.15, -0.1) is 0 Å². The molecule has 0 saturated heterocycles. The number of aromatic nitrogens is 1. The zero-order valence-corrected chi connectivity index (χ0v) is 11.0. The van der Waals surface area contributed by atoms with Crippen molar-refractivity contribution in [3.05, 3.63) is 42.1 Å². The molecule has 1 heterocycles. The van der Waals surface area contributed by atoms with Gasteiger partial charge in [-0.2, -0.15) is 0 Å². The number of para-hydroxylation sites is 1. The lowest BCUT2D eigenvalue weighted by molar-refractivity contribution is 0.0903. The molecule has 0 spiro atoms. The van der Waals surface area contributed by atoms with Gasteiger partial charge in [0.15, 0.2) is 0 Å². The first-order chi connectivity index (χ1) is 9.34. The van der Waals surface area contributed by atoms with E-state index in [0.29, 0.717) is 0 Å². The fraction of sp³-hybridized carbons (Fsp3) is 0.438. The number of nitrogens with one attached hydrogen (secondary N) is 1. The first kappa shape index (κ1) is 12.6. The standard InChI is InChI=1S/C16H20N2O/c19-15-9-2-1-8-14(15)18-11-13-6-3-5-12-7-4-10-17-16(12)13/h3-7,10,14-15,18-19H,1-2,8-9,11H2/t14-,15-/m1/s1. The molecule has 0 radical (unpaired) electrons. The molecule has 1 aromatic carbocycles. The van der Waals surface area contributed by atoms with Crippen LogP contribution in [0.1, 0.15) is 31.2 Å². The Hall–Kier alpha value is -1.45. The van der Waals surface area contributed by atoms with Crippen molar-refractivity contribution in [2.45, 2.75) is 44.4 Å². The Morgan fingerprint density at radius 1 is 1.16 bits per heavy atom. The molecule has 0 unspecified atom stereocenters. The topological polar surface area (TPSA) is 45.1 Å². The van der Waals surface area contributed by atoms with Crippen LogP contribution in [-0.4, -0.2) is 22.2 Å². The number of rotatable bonds is 3. The van der Waals surface area contributed by atoms with Crippen molar-refractivity contribution < 1.29 is 5.11 Å². The van der Waals surface area contributed by atoms with Crippen molar-refractivity contribution in [1.82, 2.24) is 10.3 Å². The summed E-state index contributed by atoms with van der Waals surface area (Å²) in [5.74, 6) is 0. The predicted molar refractivity (Wildman–Crippen MR) is 76.8 cm³/mol. The molecule has 3 nitrogen and oxygen atoms in total. The van der Waals surface area contributed by atoms with Crippen LogP contribution < -0.4 is 5.32 Å². The Bertz CT molecular complexity index is 550. The third-order valence-corrected chi connectivity index (χ3v) is 4.00. The van der Waals surface area contributed by atoms with Gasteiger partial charge in [0.25, 0.3) is 0 Å². The lowest BCUT2D eigenvalue weighted by Gasteiger charge is -2.28. The summed E-state index contributed by atoms with van der Waals surface area (Å²) < 4.78 is 0. The zero-order valence-electron chi connectivity index (χ0n) is 11.0. The van der Waals surface area contributed by atoms with Crippen molar-refractivity contribution in [1.29, 1.82) is 0 Å². The van der Waals surface area contributed by atoms with Gasteiger partial charge in [0.05, 0.1) is 11.6 Å². The molecule has 1 aromatic heterocycles. The Kier molecular flexibility index (Phi) is 3.76. The summed E-state index contributed by atoms with van der Waals surface area (Å²) in [4.78, 5) is 4.46. The van der Waals surface area contributed by atoms with Gasteiger partial charge in [-0.25, -0.2) is 0 Å². The van der Waals surface area contributed by atoms with Crippen molar-refractivity contribution in [2.75, 3.05) is 0 Å². The van der Waals surface area contributed by atoms with Gasteiger partial charge in [0.1, 0.15) is 0 Å². The molecular weight excluding hydrogens is 236 g/mol. The van der Waals surface area contributed by atoms with Crippen molar-refractivity contribution in [2.24, 2.45) is 0 Å². The van der Waals surface area contributed by atoms with Gasteiger partial charge in [-0.05, 0) is 24.5 Å². The molecule has 0 bridgehead atoms. The largest absolute Gasteiger partial charge is 0.392 e. The van der Waals surface area contributed by atoms with Gasteiger partial charge in [0.2, 0.25) is 0 Å². The zero-order chi connectivity index (χ0) is 13.1. The van der Waals surface area contributed by atoms with Crippen LogP contribution in [0.2, 0.25) is 0 Å². The molecule has 0 amide bonds. The van der Waals surface area contributed by atoms with Gasteiger partial charge < -0.3 is 10.4 Å². The van der Waals surface area contributed by atoms with E-state index in [0.717, 1.165) is 31.3 Å². The molecule has 19 heavy (non-hydrogen) atoms. The lowest BCUT2D eigenvalue weighted by Crippen LogP contribution is -2.41. The highest BCUT2D eigenvalue weighted by atomic mass is 16.3. The van der Waals surface area contributed by atoms with Gasteiger partial charge in [0, 0.05) is 24.2 Å². The van der Waals surface area contributed by atoms with Gasteiger partial charge in [-0.3, -0.25) is 4.98 Å². The summed E-state index contributed by atoms with van der Waals surface area (Å²) in [6.45, 7) is 0.774. The van der Waals surface area contributed by atoms with Crippen molar-refractivity contribution in [3.63, 3.8) is 0 Å². The molecule has 2 aromatic rings. The number of hydrogen-bond acceptors (Lipinski definition) is 3. The maximum atomic E-state index is 9.98. The minimum Gasteiger partial charge on any atom is -0.392 e. The highest BCUT2D eigenvalue weighted by molar-refractivity contribution is 5.81. The number of pyridine rings is 1. The molecule has 3 rings (SSSR count). The third kappa shape index (κ3) is 2.77. The second kappa shape index (κ2) is 5.68. The summed E-state index contributed by atoms with van der Waals surface area (Å²) in [5.41, 5.74) is 2.26. The predicted octanol–water partition coefficient (Wildman–Crippen LogP) is 2.63. The number of fused-ring (bicyclic) bond motifs is 1. The molecule has 1 aliphatic rings. The number of nitrogens with zero attached hydrogens (tertiary/aromatic N) is 1. The van der Waals surface area contributed by atoms with E-state index in [1.165, 1.54) is 17.4 Å². The van der Waals surface area contributed by atoms with Crippen LogP contribution in [0.25, 0.3) is 10.9 Å². The Balaban J connectivity index is 1.74. The summed E-state index contributed by atoms with van der Waals surface area (Å²) in [5, 5.41) is 14.6. The molecule has 2 atom stereocenters. The van der Waals surface area contributed by atoms with E-state index in [9.17, 15) is 5.11 Å². The maximum absolute atomic E-state index is 9.98. The van der Waals surface area contributed by atoms with E-state index in [1.807, 2.05) is 12.3 Å². The van der Waals surface area contributed by atoms with Crippen molar-refractivity contribution in [3.8, 4) is 0 Å². The van der Waals surface area contributed by atoms with Crippen molar-refractivity contribution >= 4 is 10.9 Å². The fourth-order valence-electron chi connectivity index (χ4n) is 2.90. The summed E-state index contributed by atoms with van der Waals surface area (Å²) >= 11 is 0. The minimum absolute atomic E-state index is 0.198. The Morgan fingerprint density at radius 3 is 2.89 bits per heavy atom. The molecule has 1 fully saturated rings. The highest BCUT2D eigenvalue weighted by Crippen LogP contribution is 2.20. The highest BCUT2D eigenvalue weighted by Gasteiger charge is 2.22. The fourth-order valence-corrected chi connectivity index (χ4v) is 2.90. The summed E-state index contributed by atoms with van der Waals surface area (Å²) in [7, 11) is 0. The number of aliphatic hydroxyl groups excluding tert-OH is 1. The van der Waals surface area contributed by atoms with E-state index < -0.39 is 0 Å². The van der Waals surface area contributed by atoms with Crippen LogP contribution in [0.15, 0.2) is 36.5 Å². The number of hydrogen-bond donors (Lipinski definition) is 2. The van der Waals surface area contributed by atoms with E-state index >= 15 is 0 Å². The molecule has 2 N–H and O–H groups in total. The Labute approximate surface area is 113 Å². The number of benzene rings is 1. The van der Waals surface area contributed by atoms with Crippen LogP contribution in [0.3, 0.4) is 0 Å². The Morgan fingerprint density at radius 2 is 2.00 bits per heavy atom. The van der Waals surface area contributed by atoms with E-state index in [2.05, 4.69) is 34.6 Å². The average molecular weight is 256 g/mol. The molecule has 0 aliphatic heterocycles. The van der Waals surface area contributed by atoms with Crippen LogP contribution in [0.4, 0.5) is 0 Å². The van der Waals surface area contributed by atoms with E-state index in [-0.39, 0.29) is 12.1 Å². The smallest absolute Gasteiger partial charge is 0.0746 e. The quantitative estimate of drug-likeness (QED) is 0.887. The first-order valence-corrected chi connectivity index (χ1v) is 7.08. The molecular formula is C16H20N2O. The van der Waals surface area contributed by atoms with Crippen LogP contribution >= 0.6 is 0 Å². The summed E-state index contributed by atoms with van der Waals surface area (Å²) in [6, 6.07) is 10.5.